The van der Waals surface area contributed by atoms with Gasteiger partial charge in [0, 0.05) is 30.4 Å². The van der Waals surface area contributed by atoms with Crippen LogP contribution < -0.4 is 0 Å². The molecule has 1 aromatic carbocycles. The molecule has 0 saturated carbocycles. The summed E-state index contributed by atoms with van der Waals surface area (Å²) < 4.78 is 5.32. The molecular weight excluding hydrogens is 252 g/mol. The standard InChI is InChI=1S/C16H16N2O2/c17-11-16(6-9-20-10-7-16)15(19)13-5-1-3-12-4-2-8-18-14(12)13/h1-5,8,15,19H,6-7,9-10H2. The summed E-state index contributed by atoms with van der Waals surface area (Å²) in [4.78, 5) is 4.36. The molecule has 1 N–H and O–H groups in total. The molecule has 102 valence electrons. The molecule has 4 heteroatoms. The number of aliphatic hydroxyl groups excluding tert-OH is 1. The first-order chi connectivity index (χ1) is 9.77. The highest BCUT2D eigenvalue weighted by Crippen LogP contribution is 2.43. The van der Waals surface area contributed by atoms with Gasteiger partial charge in [0.25, 0.3) is 0 Å². The molecule has 3 rings (SSSR count). The maximum atomic E-state index is 10.8. The fourth-order valence-electron chi connectivity index (χ4n) is 2.83. The Morgan fingerprint density at radius 3 is 2.75 bits per heavy atom. The Morgan fingerprint density at radius 2 is 2.00 bits per heavy atom. The molecule has 2 aromatic rings. The van der Waals surface area contributed by atoms with Crippen molar-refractivity contribution in [2.75, 3.05) is 13.2 Å². The molecular formula is C16H16N2O2. The van der Waals surface area contributed by atoms with E-state index in [1.165, 1.54) is 0 Å². The molecule has 1 atom stereocenters. The molecule has 20 heavy (non-hydrogen) atoms. The Kier molecular flexibility index (Phi) is 3.39. The number of benzene rings is 1. The Morgan fingerprint density at radius 1 is 1.25 bits per heavy atom. The van der Waals surface area contributed by atoms with E-state index in [9.17, 15) is 10.4 Å². The zero-order chi connectivity index (χ0) is 14.0. The smallest absolute Gasteiger partial charge is 0.0999 e. The number of pyridine rings is 1. The van der Waals surface area contributed by atoms with E-state index >= 15 is 0 Å². The lowest BCUT2D eigenvalue weighted by Crippen LogP contribution is -2.34. The molecule has 4 nitrogen and oxygen atoms in total. The number of nitriles is 1. The van der Waals surface area contributed by atoms with Crippen LogP contribution in [0.25, 0.3) is 10.9 Å². The molecule has 1 fully saturated rings. The van der Waals surface area contributed by atoms with Gasteiger partial charge in [-0.2, -0.15) is 5.26 Å². The van der Waals surface area contributed by atoms with Crippen molar-refractivity contribution in [1.82, 2.24) is 4.98 Å². The molecule has 1 unspecified atom stereocenters. The second kappa shape index (κ2) is 5.20. The van der Waals surface area contributed by atoms with E-state index in [0.29, 0.717) is 26.1 Å². The van der Waals surface area contributed by atoms with Crippen LogP contribution in [0, 0.1) is 16.7 Å². The summed E-state index contributed by atoms with van der Waals surface area (Å²) in [5, 5.41) is 21.3. The number of hydrogen-bond acceptors (Lipinski definition) is 4. The van der Waals surface area contributed by atoms with Crippen molar-refractivity contribution in [2.45, 2.75) is 18.9 Å². The van der Waals surface area contributed by atoms with Crippen LogP contribution in [-0.4, -0.2) is 23.3 Å². The van der Waals surface area contributed by atoms with Crippen LogP contribution in [0.5, 0.6) is 0 Å². The van der Waals surface area contributed by atoms with Gasteiger partial charge in [0.1, 0.15) is 0 Å². The summed E-state index contributed by atoms with van der Waals surface area (Å²) in [5.41, 5.74) is 0.722. The highest BCUT2D eigenvalue weighted by Gasteiger charge is 2.41. The third-order valence-corrected chi connectivity index (χ3v) is 4.09. The lowest BCUT2D eigenvalue weighted by Gasteiger charge is -2.35. The van der Waals surface area contributed by atoms with Crippen molar-refractivity contribution in [1.29, 1.82) is 5.26 Å². The molecule has 1 aliphatic rings. The van der Waals surface area contributed by atoms with Crippen LogP contribution in [0.4, 0.5) is 0 Å². The molecule has 0 amide bonds. The van der Waals surface area contributed by atoms with Crippen LogP contribution in [0.3, 0.4) is 0 Å². The Bertz CT molecular complexity index is 652. The molecule has 0 spiro atoms. The van der Waals surface area contributed by atoms with Gasteiger partial charge in [-0.25, -0.2) is 0 Å². The van der Waals surface area contributed by atoms with Crippen molar-refractivity contribution >= 4 is 10.9 Å². The van der Waals surface area contributed by atoms with Gasteiger partial charge in [-0.15, -0.1) is 0 Å². The molecule has 1 aromatic heterocycles. The topological polar surface area (TPSA) is 66.1 Å². The molecule has 1 saturated heterocycles. The van der Waals surface area contributed by atoms with Crippen molar-refractivity contribution in [2.24, 2.45) is 5.41 Å². The predicted octanol–water partition coefficient (Wildman–Crippen LogP) is 2.59. The highest BCUT2D eigenvalue weighted by molar-refractivity contribution is 5.82. The van der Waals surface area contributed by atoms with E-state index in [1.54, 1.807) is 6.20 Å². The van der Waals surface area contributed by atoms with E-state index < -0.39 is 11.5 Å². The van der Waals surface area contributed by atoms with Crippen LogP contribution in [0.1, 0.15) is 24.5 Å². The first kappa shape index (κ1) is 13.0. The summed E-state index contributed by atoms with van der Waals surface area (Å²) in [6.45, 7) is 1.03. The minimum absolute atomic E-state index is 0.517. The van der Waals surface area contributed by atoms with E-state index in [4.69, 9.17) is 4.74 Å². The number of ether oxygens (including phenoxy) is 1. The SMILES string of the molecule is N#CC1(C(O)c2cccc3cccnc23)CCOCC1. The van der Waals surface area contributed by atoms with E-state index in [2.05, 4.69) is 11.1 Å². The average molecular weight is 268 g/mol. The zero-order valence-corrected chi connectivity index (χ0v) is 11.1. The van der Waals surface area contributed by atoms with Crippen LogP contribution >= 0.6 is 0 Å². The second-order valence-corrected chi connectivity index (χ2v) is 5.21. The van der Waals surface area contributed by atoms with Gasteiger partial charge in [0.05, 0.1) is 23.1 Å². The lowest BCUT2D eigenvalue weighted by atomic mass is 9.74. The normalized spacial score (nSPS) is 19.4. The number of hydrogen-bond donors (Lipinski definition) is 1. The van der Waals surface area contributed by atoms with Crippen molar-refractivity contribution < 1.29 is 9.84 Å². The number of nitrogens with zero attached hydrogens (tertiary/aromatic N) is 2. The second-order valence-electron chi connectivity index (χ2n) is 5.21. The summed E-state index contributed by atoms with van der Waals surface area (Å²) in [5.74, 6) is 0. The van der Waals surface area contributed by atoms with Crippen LogP contribution in [-0.2, 0) is 4.74 Å². The maximum Gasteiger partial charge on any atom is 0.0999 e. The first-order valence-electron chi connectivity index (χ1n) is 6.77. The first-order valence-corrected chi connectivity index (χ1v) is 6.77. The molecule has 0 bridgehead atoms. The van der Waals surface area contributed by atoms with E-state index in [1.807, 2.05) is 30.3 Å². The number of rotatable bonds is 2. The van der Waals surface area contributed by atoms with E-state index in [-0.39, 0.29) is 0 Å². The quantitative estimate of drug-likeness (QED) is 0.909. The van der Waals surface area contributed by atoms with Crippen molar-refractivity contribution in [3.05, 3.63) is 42.1 Å². The highest BCUT2D eigenvalue weighted by atomic mass is 16.5. The summed E-state index contributed by atoms with van der Waals surface area (Å²) in [7, 11) is 0. The summed E-state index contributed by atoms with van der Waals surface area (Å²) in [6, 6.07) is 11.9. The van der Waals surface area contributed by atoms with Gasteiger partial charge in [-0.3, -0.25) is 4.98 Å². The van der Waals surface area contributed by atoms with Gasteiger partial charge >= 0.3 is 0 Å². The Labute approximate surface area is 117 Å². The molecule has 0 aliphatic carbocycles. The van der Waals surface area contributed by atoms with Crippen LogP contribution in [0.15, 0.2) is 36.5 Å². The minimum atomic E-state index is -0.838. The fraction of sp³-hybridized carbons (Fsp3) is 0.375. The van der Waals surface area contributed by atoms with Gasteiger partial charge < -0.3 is 9.84 Å². The van der Waals surface area contributed by atoms with Gasteiger partial charge in [-0.05, 0) is 18.9 Å². The minimum Gasteiger partial charge on any atom is -0.387 e. The van der Waals surface area contributed by atoms with Gasteiger partial charge in [0.15, 0.2) is 0 Å². The number of para-hydroxylation sites is 1. The summed E-state index contributed by atoms with van der Waals surface area (Å²) >= 11 is 0. The molecule has 2 heterocycles. The Hall–Kier alpha value is -1.96. The predicted molar refractivity (Wildman–Crippen MR) is 74.8 cm³/mol. The third-order valence-electron chi connectivity index (χ3n) is 4.09. The third kappa shape index (κ3) is 2.05. The molecule has 1 aliphatic heterocycles. The fourth-order valence-corrected chi connectivity index (χ4v) is 2.83. The van der Waals surface area contributed by atoms with Crippen molar-refractivity contribution in [3.63, 3.8) is 0 Å². The Balaban J connectivity index is 2.08. The zero-order valence-electron chi connectivity index (χ0n) is 11.1. The van der Waals surface area contributed by atoms with Gasteiger partial charge in [-0.1, -0.05) is 24.3 Å². The van der Waals surface area contributed by atoms with Gasteiger partial charge in [0.2, 0.25) is 0 Å². The van der Waals surface area contributed by atoms with Crippen LogP contribution in [0.2, 0.25) is 0 Å². The number of aliphatic hydroxyl groups is 1. The van der Waals surface area contributed by atoms with E-state index in [0.717, 1.165) is 16.5 Å². The average Bonchev–Trinajstić information content (AvgIpc) is 2.54. The number of aromatic nitrogens is 1. The number of fused-ring (bicyclic) bond motifs is 1. The summed E-state index contributed by atoms with van der Waals surface area (Å²) in [6.07, 6.45) is 1.97. The maximum absolute atomic E-state index is 10.8. The largest absolute Gasteiger partial charge is 0.387 e. The monoisotopic (exact) mass is 268 g/mol. The van der Waals surface area contributed by atoms with Crippen molar-refractivity contribution in [3.8, 4) is 6.07 Å². The molecule has 0 radical (unpaired) electrons. The lowest BCUT2D eigenvalue weighted by molar-refractivity contribution is -0.0305.